The number of benzene rings is 1. The van der Waals surface area contributed by atoms with Gasteiger partial charge in [-0.3, -0.25) is 0 Å². The lowest BCUT2D eigenvalue weighted by molar-refractivity contribution is -0.906. The zero-order valence-corrected chi connectivity index (χ0v) is 15.2. The van der Waals surface area contributed by atoms with Crippen LogP contribution in [-0.2, 0) is 11.3 Å². The third-order valence-electron chi connectivity index (χ3n) is 4.65. The van der Waals surface area contributed by atoms with Gasteiger partial charge in [-0.25, -0.2) is 14.6 Å². The van der Waals surface area contributed by atoms with Gasteiger partial charge in [0.1, 0.15) is 25.2 Å². The highest BCUT2D eigenvalue weighted by Crippen LogP contribution is 2.19. The fourth-order valence-electron chi connectivity index (χ4n) is 3.18. The zero-order valence-electron chi connectivity index (χ0n) is 14.5. The number of fused-ring (bicyclic) bond motifs is 1. The first-order valence-electron chi connectivity index (χ1n) is 8.86. The number of aromatic nitrogens is 4. The van der Waals surface area contributed by atoms with Crippen LogP contribution >= 0.6 is 11.6 Å². The van der Waals surface area contributed by atoms with E-state index in [1.54, 1.807) is 11.2 Å². The molecule has 0 spiro atoms. The van der Waals surface area contributed by atoms with Crippen LogP contribution in [0.15, 0.2) is 36.8 Å². The maximum Gasteiger partial charge on any atom is 0.163 e. The summed E-state index contributed by atoms with van der Waals surface area (Å²) in [6.07, 6.45) is 3.42. The number of ether oxygens (including phenoxy) is 1. The lowest BCUT2D eigenvalue weighted by Crippen LogP contribution is -3.14. The van der Waals surface area contributed by atoms with Crippen LogP contribution in [-0.4, -0.2) is 59.1 Å². The van der Waals surface area contributed by atoms with E-state index in [2.05, 4.69) is 20.4 Å². The first-order chi connectivity index (χ1) is 12.8. The van der Waals surface area contributed by atoms with Crippen LogP contribution in [0.25, 0.3) is 11.0 Å². The molecule has 1 saturated heterocycles. The highest BCUT2D eigenvalue weighted by atomic mass is 35.5. The zero-order chi connectivity index (χ0) is 17.8. The molecule has 26 heavy (non-hydrogen) atoms. The summed E-state index contributed by atoms with van der Waals surface area (Å²) in [5.74, 6) is 0.838. The average Bonchev–Trinajstić information content (AvgIpc) is 3.08. The predicted molar refractivity (Wildman–Crippen MR) is 101 cm³/mol. The van der Waals surface area contributed by atoms with Gasteiger partial charge in [0.15, 0.2) is 5.65 Å². The predicted octanol–water partition coefficient (Wildman–Crippen LogP) is 0.855. The second-order valence-corrected chi connectivity index (χ2v) is 6.86. The van der Waals surface area contributed by atoms with Gasteiger partial charge in [-0.05, 0) is 17.7 Å². The van der Waals surface area contributed by atoms with Gasteiger partial charge in [0.2, 0.25) is 0 Å². The Kier molecular flexibility index (Phi) is 5.29. The van der Waals surface area contributed by atoms with Gasteiger partial charge in [-0.1, -0.05) is 23.7 Å². The molecule has 1 aliphatic heterocycles. The first kappa shape index (κ1) is 17.2. The van der Waals surface area contributed by atoms with Crippen LogP contribution < -0.4 is 10.2 Å². The molecule has 1 aliphatic rings. The summed E-state index contributed by atoms with van der Waals surface area (Å²) in [6.45, 7) is 6.40. The summed E-state index contributed by atoms with van der Waals surface area (Å²) in [4.78, 5) is 10.4. The number of anilines is 1. The summed E-state index contributed by atoms with van der Waals surface area (Å²) in [5, 5.41) is 9.60. The Bertz CT molecular complexity index is 860. The molecule has 4 rings (SSSR count). The minimum Gasteiger partial charge on any atom is -0.370 e. The normalized spacial score (nSPS) is 15.4. The molecule has 1 fully saturated rings. The van der Waals surface area contributed by atoms with Crippen LogP contribution in [0.5, 0.6) is 0 Å². The van der Waals surface area contributed by atoms with Crippen molar-refractivity contribution >= 4 is 28.5 Å². The minimum absolute atomic E-state index is 0.648. The van der Waals surface area contributed by atoms with Gasteiger partial charge >= 0.3 is 0 Å². The van der Waals surface area contributed by atoms with Crippen LogP contribution in [0, 0.1) is 0 Å². The van der Waals surface area contributed by atoms with Gasteiger partial charge in [-0.15, -0.1) is 0 Å². The molecule has 0 amide bonds. The third-order valence-corrected chi connectivity index (χ3v) is 4.90. The van der Waals surface area contributed by atoms with E-state index >= 15 is 0 Å². The Morgan fingerprint density at radius 2 is 1.96 bits per heavy atom. The first-order valence-corrected chi connectivity index (χ1v) is 9.23. The van der Waals surface area contributed by atoms with E-state index < -0.39 is 0 Å². The maximum absolute atomic E-state index is 5.95. The quantitative estimate of drug-likeness (QED) is 0.670. The Morgan fingerprint density at radius 1 is 1.15 bits per heavy atom. The van der Waals surface area contributed by atoms with E-state index in [1.165, 1.54) is 0 Å². The fraction of sp³-hybridized carbons (Fsp3) is 0.389. The molecule has 0 radical (unpaired) electrons. The Balaban J connectivity index is 1.45. The summed E-state index contributed by atoms with van der Waals surface area (Å²) in [7, 11) is 0. The van der Waals surface area contributed by atoms with Gasteiger partial charge < -0.3 is 15.0 Å². The van der Waals surface area contributed by atoms with E-state index in [0.717, 1.165) is 66.8 Å². The van der Waals surface area contributed by atoms with E-state index in [9.17, 15) is 0 Å². The van der Waals surface area contributed by atoms with Crippen molar-refractivity contribution < 1.29 is 9.64 Å². The number of morpholine rings is 1. The summed E-state index contributed by atoms with van der Waals surface area (Å²) in [5.41, 5.74) is 1.96. The van der Waals surface area contributed by atoms with E-state index in [4.69, 9.17) is 16.3 Å². The molecule has 0 bridgehead atoms. The summed E-state index contributed by atoms with van der Waals surface area (Å²) >= 11 is 5.95. The van der Waals surface area contributed by atoms with Crippen molar-refractivity contribution in [2.45, 2.75) is 6.54 Å². The fourth-order valence-corrected chi connectivity index (χ4v) is 3.31. The topological polar surface area (TPSA) is 69.3 Å². The second kappa shape index (κ2) is 7.99. The largest absolute Gasteiger partial charge is 0.370 e. The van der Waals surface area contributed by atoms with Crippen LogP contribution in [0.1, 0.15) is 5.56 Å². The molecule has 1 aromatic carbocycles. The molecule has 3 aromatic rings. The number of quaternary nitrogens is 1. The Labute approximate surface area is 156 Å². The molecule has 2 aromatic heterocycles. The van der Waals surface area contributed by atoms with Crippen LogP contribution in [0.2, 0.25) is 5.02 Å². The molecule has 0 aliphatic carbocycles. The summed E-state index contributed by atoms with van der Waals surface area (Å²) < 4.78 is 7.29. The van der Waals surface area contributed by atoms with Crippen molar-refractivity contribution in [2.24, 2.45) is 0 Å². The van der Waals surface area contributed by atoms with Gasteiger partial charge in [0.05, 0.1) is 44.4 Å². The molecule has 136 valence electrons. The molecular weight excluding hydrogens is 352 g/mol. The van der Waals surface area contributed by atoms with E-state index in [0.29, 0.717) is 6.54 Å². The minimum atomic E-state index is 0.648. The van der Waals surface area contributed by atoms with Crippen molar-refractivity contribution in [2.75, 3.05) is 44.7 Å². The van der Waals surface area contributed by atoms with Crippen molar-refractivity contribution in [3.05, 3.63) is 47.4 Å². The monoisotopic (exact) mass is 373 g/mol. The smallest absolute Gasteiger partial charge is 0.163 e. The number of rotatable bonds is 6. The molecule has 2 N–H and O–H groups in total. The van der Waals surface area contributed by atoms with E-state index in [-0.39, 0.29) is 0 Å². The maximum atomic E-state index is 5.95. The van der Waals surface area contributed by atoms with Crippen molar-refractivity contribution in [1.82, 2.24) is 19.7 Å². The van der Waals surface area contributed by atoms with Crippen molar-refractivity contribution in [3.8, 4) is 0 Å². The second-order valence-electron chi connectivity index (χ2n) is 6.43. The molecule has 3 heterocycles. The van der Waals surface area contributed by atoms with Crippen LogP contribution in [0.4, 0.5) is 5.82 Å². The van der Waals surface area contributed by atoms with Gasteiger partial charge in [0.25, 0.3) is 0 Å². The molecule has 0 unspecified atom stereocenters. The van der Waals surface area contributed by atoms with Crippen LogP contribution in [0.3, 0.4) is 0 Å². The van der Waals surface area contributed by atoms with E-state index in [1.807, 2.05) is 35.1 Å². The lowest BCUT2D eigenvalue weighted by atomic mass is 10.2. The Morgan fingerprint density at radius 3 is 2.77 bits per heavy atom. The number of nitrogens with one attached hydrogen (secondary N) is 2. The van der Waals surface area contributed by atoms with Crippen molar-refractivity contribution in [1.29, 1.82) is 0 Å². The van der Waals surface area contributed by atoms with Gasteiger partial charge in [0, 0.05) is 5.02 Å². The number of halogens is 1. The average molecular weight is 374 g/mol. The molecule has 7 nitrogen and oxygen atoms in total. The molecule has 8 heteroatoms. The summed E-state index contributed by atoms with van der Waals surface area (Å²) in [6, 6.07) is 7.78. The standard InChI is InChI=1S/C18H21ClN6O/c19-15-3-1-14(2-4-15)12-25-18-16(11-23-25)17(21-13-22-18)20-5-6-24-7-9-26-10-8-24/h1-4,11,13H,5-10,12H2,(H,20,21,22)/p+1. The number of hydrogen-bond donors (Lipinski definition) is 2. The highest BCUT2D eigenvalue weighted by molar-refractivity contribution is 6.30. The molecular formula is C18H22ClN6O+. The molecule has 0 atom stereocenters. The third kappa shape index (κ3) is 3.95. The number of nitrogens with zero attached hydrogens (tertiary/aromatic N) is 4. The van der Waals surface area contributed by atoms with Crippen molar-refractivity contribution in [3.63, 3.8) is 0 Å². The van der Waals surface area contributed by atoms with Gasteiger partial charge in [-0.2, -0.15) is 5.10 Å². The Hall–Kier alpha value is -2.22. The highest BCUT2D eigenvalue weighted by Gasteiger charge is 2.14. The number of hydrogen-bond acceptors (Lipinski definition) is 5. The SMILES string of the molecule is Clc1ccc(Cn2ncc3c(NCC[NH+]4CCOCC4)ncnc32)cc1. The lowest BCUT2D eigenvalue weighted by Gasteiger charge is -2.23. The molecule has 0 saturated carbocycles.